The molecule has 0 spiro atoms. The Morgan fingerprint density at radius 3 is 2.83 bits per heavy atom. The van der Waals surface area contributed by atoms with Gasteiger partial charge in [-0.1, -0.05) is 0 Å². The summed E-state index contributed by atoms with van der Waals surface area (Å²) in [4.78, 5) is 4.91. The summed E-state index contributed by atoms with van der Waals surface area (Å²) in [5.74, 6) is -0.256. The minimum absolute atomic E-state index is 0.256. The summed E-state index contributed by atoms with van der Waals surface area (Å²) in [6, 6.07) is 5.39. The Morgan fingerprint density at radius 1 is 1.17 bits per heavy atom. The predicted octanol–water partition coefficient (Wildman–Crippen LogP) is 2.08. The van der Waals surface area contributed by atoms with Gasteiger partial charge in [-0.15, -0.1) is 0 Å². The lowest BCUT2D eigenvalue weighted by molar-refractivity contribution is 0.273. The van der Waals surface area contributed by atoms with Crippen molar-refractivity contribution in [2.45, 2.75) is 25.3 Å². The van der Waals surface area contributed by atoms with E-state index in [0.29, 0.717) is 11.7 Å². The first-order valence-electron chi connectivity index (χ1n) is 6.78. The second-order valence-corrected chi connectivity index (χ2v) is 5.33. The van der Waals surface area contributed by atoms with Crippen LogP contribution in [-0.4, -0.2) is 37.1 Å². The lowest BCUT2D eigenvalue weighted by Gasteiger charge is -2.28. The fourth-order valence-corrected chi connectivity index (χ4v) is 3.24. The highest BCUT2D eigenvalue weighted by atomic mass is 19.1. The zero-order valence-electron chi connectivity index (χ0n) is 10.6. The molecule has 0 aromatic heterocycles. The summed E-state index contributed by atoms with van der Waals surface area (Å²) >= 11 is 0. The fraction of sp³-hybridized carbons (Fsp3) is 0.571. The zero-order valence-corrected chi connectivity index (χ0v) is 10.6. The topological polar surface area (TPSA) is 32.5 Å². The zero-order chi connectivity index (χ0) is 12.5. The molecule has 0 aliphatic carbocycles. The number of fused-ring (bicyclic) bond motifs is 1. The third-order valence-corrected chi connectivity index (χ3v) is 4.13. The highest BCUT2D eigenvalue weighted by Gasteiger charge is 2.29. The maximum absolute atomic E-state index is 13.1. The molecule has 1 aromatic carbocycles. The van der Waals surface area contributed by atoms with E-state index < -0.39 is 0 Å². The van der Waals surface area contributed by atoms with Gasteiger partial charge in [0.1, 0.15) is 5.82 Å². The smallest absolute Gasteiger partial charge is 0.125 e. The van der Waals surface area contributed by atoms with Gasteiger partial charge in [0.25, 0.3) is 0 Å². The van der Waals surface area contributed by atoms with E-state index in [4.69, 9.17) is 5.73 Å². The Labute approximate surface area is 107 Å². The van der Waals surface area contributed by atoms with Crippen LogP contribution in [0, 0.1) is 5.82 Å². The van der Waals surface area contributed by atoms with Crippen molar-refractivity contribution in [2.75, 3.05) is 36.8 Å². The van der Waals surface area contributed by atoms with Gasteiger partial charge in [-0.2, -0.15) is 0 Å². The molecule has 0 radical (unpaired) electrons. The van der Waals surface area contributed by atoms with Gasteiger partial charge in [0.05, 0.1) is 11.4 Å². The highest BCUT2D eigenvalue weighted by molar-refractivity contribution is 5.67. The second kappa shape index (κ2) is 4.76. The van der Waals surface area contributed by atoms with Crippen LogP contribution in [0.15, 0.2) is 18.2 Å². The van der Waals surface area contributed by atoms with Crippen molar-refractivity contribution in [3.05, 3.63) is 24.0 Å². The van der Waals surface area contributed by atoms with Gasteiger partial charge < -0.3 is 10.6 Å². The van der Waals surface area contributed by atoms with E-state index in [1.807, 2.05) is 6.07 Å². The van der Waals surface area contributed by atoms with Crippen molar-refractivity contribution in [3.8, 4) is 0 Å². The lowest BCUT2D eigenvalue weighted by Crippen LogP contribution is -2.36. The Hall–Kier alpha value is -1.29. The molecule has 0 bridgehead atoms. The summed E-state index contributed by atoms with van der Waals surface area (Å²) in [6.45, 7) is 4.46. The number of nitrogens with zero attached hydrogens (tertiary/aromatic N) is 2. The van der Waals surface area contributed by atoms with E-state index in [0.717, 1.165) is 25.2 Å². The summed E-state index contributed by atoms with van der Waals surface area (Å²) in [5, 5.41) is 0. The van der Waals surface area contributed by atoms with Crippen molar-refractivity contribution in [3.63, 3.8) is 0 Å². The van der Waals surface area contributed by atoms with E-state index in [1.54, 1.807) is 0 Å². The Bertz CT molecular complexity index is 435. The van der Waals surface area contributed by atoms with Gasteiger partial charge in [0, 0.05) is 25.7 Å². The molecule has 0 saturated carbocycles. The number of rotatable bonds is 1. The van der Waals surface area contributed by atoms with Crippen molar-refractivity contribution in [1.29, 1.82) is 0 Å². The molecule has 4 heteroatoms. The first-order valence-corrected chi connectivity index (χ1v) is 6.78. The molecule has 18 heavy (non-hydrogen) atoms. The molecule has 1 atom stereocenters. The molecular formula is C14H20FN3. The van der Waals surface area contributed by atoms with Gasteiger partial charge in [-0.05, 0) is 44.0 Å². The van der Waals surface area contributed by atoms with Crippen molar-refractivity contribution < 1.29 is 4.39 Å². The number of nitrogen functional groups attached to an aromatic ring is 1. The predicted molar refractivity (Wildman–Crippen MR) is 72.2 cm³/mol. The van der Waals surface area contributed by atoms with E-state index >= 15 is 0 Å². The van der Waals surface area contributed by atoms with E-state index in [-0.39, 0.29) is 5.82 Å². The molecule has 2 aliphatic rings. The maximum Gasteiger partial charge on any atom is 0.125 e. The molecular weight excluding hydrogens is 229 g/mol. The SMILES string of the molecule is Nc1cc(F)ccc1N1CCCN2CCCC2C1. The molecule has 2 aliphatic heterocycles. The molecule has 0 amide bonds. The monoisotopic (exact) mass is 249 g/mol. The standard InChI is InChI=1S/C14H20FN3/c15-11-4-5-14(13(16)9-11)18-8-2-7-17-6-1-3-12(17)10-18/h4-5,9,12H,1-3,6-8,10,16H2. The van der Waals surface area contributed by atoms with Crippen LogP contribution < -0.4 is 10.6 Å². The van der Waals surface area contributed by atoms with Crippen molar-refractivity contribution in [2.24, 2.45) is 0 Å². The second-order valence-electron chi connectivity index (χ2n) is 5.33. The average Bonchev–Trinajstić information content (AvgIpc) is 2.67. The lowest BCUT2D eigenvalue weighted by atomic mass is 10.2. The van der Waals surface area contributed by atoms with Gasteiger partial charge in [0.2, 0.25) is 0 Å². The van der Waals surface area contributed by atoms with Crippen molar-refractivity contribution in [1.82, 2.24) is 4.90 Å². The molecule has 2 fully saturated rings. The van der Waals surface area contributed by atoms with Gasteiger partial charge in [0.15, 0.2) is 0 Å². The van der Waals surface area contributed by atoms with Crippen molar-refractivity contribution >= 4 is 11.4 Å². The molecule has 2 saturated heterocycles. The average molecular weight is 249 g/mol. The van der Waals surface area contributed by atoms with Crippen LogP contribution in [0.25, 0.3) is 0 Å². The first kappa shape index (κ1) is 11.8. The third kappa shape index (κ3) is 2.17. The van der Waals surface area contributed by atoms with Crippen LogP contribution in [-0.2, 0) is 0 Å². The Morgan fingerprint density at radius 2 is 2.00 bits per heavy atom. The fourth-order valence-electron chi connectivity index (χ4n) is 3.24. The molecule has 2 N–H and O–H groups in total. The number of anilines is 2. The van der Waals surface area contributed by atoms with Crippen LogP contribution in [0.3, 0.4) is 0 Å². The normalized spacial score (nSPS) is 24.9. The number of benzene rings is 1. The summed E-state index contributed by atoms with van der Waals surface area (Å²) in [6.07, 6.45) is 3.74. The number of halogens is 1. The number of nitrogens with two attached hydrogens (primary N) is 1. The van der Waals surface area contributed by atoms with Crippen LogP contribution in [0.5, 0.6) is 0 Å². The molecule has 98 valence electrons. The summed E-state index contributed by atoms with van der Waals surface area (Å²) < 4.78 is 13.1. The van der Waals surface area contributed by atoms with Gasteiger partial charge >= 0.3 is 0 Å². The van der Waals surface area contributed by atoms with Crippen LogP contribution in [0.1, 0.15) is 19.3 Å². The largest absolute Gasteiger partial charge is 0.397 e. The summed E-state index contributed by atoms with van der Waals surface area (Å²) in [7, 11) is 0. The minimum atomic E-state index is -0.256. The molecule has 3 nitrogen and oxygen atoms in total. The van der Waals surface area contributed by atoms with E-state index in [1.165, 1.54) is 38.1 Å². The van der Waals surface area contributed by atoms with Gasteiger partial charge in [-0.3, -0.25) is 4.90 Å². The molecule has 1 unspecified atom stereocenters. The van der Waals surface area contributed by atoms with E-state index in [2.05, 4.69) is 9.80 Å². The van der Waals surface area contributed by atoms with Gasteiger partial charge in [-0.25, -0.2) is 4.39 Å². The highest BCUT2D eigenvalue weighted by Crippen LogP contribution is 2.28. The Balaban J connectivity index is 1.82. The first-order chi connectivity index (χ1) is 8.74. The molecule has 2 heterocycles. The van der Waals surface area contributed by atoms with Crippen LogP contribution in [0.2, 0.25) is 0 Å². The molecule has 1 aromatic rings. The quantitative estimate of drug-likeness (QED) is 0.773. The number of hydrogen-bond acceptors (Lipinski definition) is 3. The number of hydrogen-bond donors (Lipinski definition) is 1. The maximum atomic E-state index is 13.1. The minimum Gasteiger partial charge on any atom is -0.397 e. The third-order valence-electron chi connectivity index (χ3n) is 4.13. The Kier molecular flexibility index (Phi) is 3.12. The van der Waals surface area contributed by atoms with Crippen LogP contribution in [0.4, 0.5) is 15.8 Å². The summed E-state index contributed by atoms with van der Waals surface area (Å²) in [5.41, 5.74) is 7.49. The van der Waals surface area contributed by atoms with E-state index in [9.17, 15) is 4.39 Å². The van der Waals surface area contributed by atoms with Crippen LogP contribution >= 0.6 is 0 Å². The molecule has 3 rings (SSSR count).